The molecule has 0 unspecified atom stereocenters. The molecule has 0 bridgehead atoms. The van der Waals surface area contributed by atoms with Crippen molar-refractivity contribution < 1.29 is 17.9 Å². The highest BCUT2D eigenvalue weighted by atomic mass is 32.2. The first-order valence-electron chi connectivity index (χ1n) is 9.32. The maximum Gasteiger partial charge on any atom is 0.240 e. The fourth-order valence-corrected chi connectivity index (χ4v) is 3.60. The maximum absolute atomic E-state index is 12.3. The van der Waals surface area contributed by atoms with Gasteiger partial charge in [-0.3, -0.25) is 9.10 Å². The summed E-state index contributed by atoms with van der Waals surface area (Å²) in [6.07, 6.45) is 2.73. The first-order chi connectivity index (χ1) is 13.3. The predicted octanol–water partition coefficient (Wildman–Crippen LogP) is 2.91. The third-order valence-corrected chi connectivity index (χ3v) is 5.33. The number of anilines is 1. The SMILES string of the molecule is CCOc1cccc(N(CC(=O)NCCCc2ccc(C)cc2)S(C)(=O)=O)c1. The fraction of sp³-hybridized carbons (Fsp3) is 0.381. The predicted molar refractivity (Wildman–Crippen MR) is 112 cm³/mol. The molecular weight excluding hydrogens is 376 g/mol. The summed E-state index contributed by atoms with van der Waals surface area (Å²) in [7, 11) is -3.61. The molecule has 6 nitrogen and oxygen atoms in total. The molecule has 0 heterocycles. The molecular formula is C21H28N2O4S. The summed E-state index contributed by atoms with van der Waals surface area (Å²) >= 11 is 0. The van der Waals surface area contributed by atoms with E-state index in [1.54, 1.807) is 24.3 Å². The largest absolute Gasteiger partial charge is 0.494 e. The molecule has 28 heavy (non-hydrogen) atoms. The number of nitrogens with zero attached hydrogens (tertiary/aromatic N) is 1. The zero-order valence-electron chi connectivity index (χ0n) is 16.6. The van der Waals surface area contributed by atoms with Gasteiger partial charge in [0.2, 0.25) is 15.9 Å². The van der Waals surface area contributed by atoms with Crippen LogP contribution in [-0.2, 0) is 21.2 Å². The minimum Gasteiger partial charge on any atom is -0.494 e. The minimum atomic E-state index is -3.61. The Morgan fingerprint density at radius 2 is 1.86 bits per heavy atom. The van der Waals surface area contributed by atoms with Crippen LogP contribution in [0.2, 0.25) is 0 Å². The highest BCUT2D eigenvalue weighted by Crippen LogP contribution is 2.23. The highest BCUT2D eigenvalue weighted by Gasteiger charge is 2.21. The summed E-state index contributed by atoms with van der Waals surface area (Å²) in [6.45, 7) is 4.60. The van der Waals surface area contributed by atoms with Crippen LogP contribution in [-0.4, -0.2) is 40.3 Å². The molecule has 2 aromatic carbocycles. The van der Waals surface area contributed by atoms with E-state index in [1.165, 1.54) is 11.1 Å². The molecule has 2 aromatic rings. The summed E-state index contributed by atoms with van der Waals surface area (Å²) in [4.78, 5) is 12.3. The average molecular weight is 405 g/mol. The Hall–Kier alpha value is -2.54. The van der Waals surface area contributed by atoms with Gasteiger partial charge in [0.1, 0.15) is 12.3 Å². The lowest BCUT2D eigenvalue weighted by atomic mass is 10.1. The van der Waals surface area contributed by atoms with E-state index in [0.717, 1.165) is 23.4 Å². The quantitative estimate of drug-likeness (QED) is 0.618. The molecule has 152 valence electrons. The van der Waals surface area contributed by atoms with E-state index in [4.69, 9.17) is 4.74 Å². The number of hydrogen-bond donors (Lipinski definition) is 1. The summed E-state index contributed by atoms with van der Waals surface area (Å²) in [5.41, 5.74) is 2.83. The number of sulfonamides is 1. The lowest BCUT2D eigenvalue weighted by molar-refractivity contribution is -0.119. The smallest absolute Gasteiger partial charge is 0.240 e. The molecule has 1 N–H and O–H groups in total. The molecule has 0 fully saturated rings. The number of nitrogens with one attached hydrogen (secondary N) is 1. The molecule has 0 aliphatic heterocycles. The van der Waals surface area contributed by atoms with Crippen molar-refractivity contribution in [3.63, 3.8) is 0 Å². The number of benzene rings is 2. The summed E-state index contributed by atoms with van der Waals surface area (Å²) in [5.74, 6) is 0.225. The van der Waals surface area contributed by atoms with Gasteiger partial charge in [0, 0.05) is 12.6 Å². The van der Waals surface area contributed by atoms with Crippen LogP contribution in [0, 0.1) is 6.92 Å². The summed E-state index contributed by atoms with van der Waals surface area (Å²) in [5, 5.41) is 2.80. The van der Waals surface area contributed by atoms with Crippen molar-refractivity contribution in [2.75, 3.05) is 30.3 Å². The van der Waals surface area contributed by atoms with Gasteiger partial charge in [-0.15, -0.1) is 0 Å². The standard InChI is InChI=1S/C21H28N2O4S/c1-4-27-20-9-5-8-19(15-20)23(28(3,25)26)16-21(24)22-14-6-7-18-12-10-17(2)11-13-18/h5,8-13,15H,4,6-7,14,16H2,1-3H3,(H,22,24). The Balaban J connectivity index is 1.92. The van der Waals surface area contributed by atoms with Crippen molar-refractivity contribution in [2.45, 2.75) is 26.7 Å². The lowest BCUT2D eigenvalue weighted by Crippen LogP contribution is -2.40. The highest BCUT2D eigenvalue weighted by molar-refractivity contribution is 7.92. The number of rotatable bonds is 10. The van der Waals surface area contributed by atoms with Crippen LogP contribution in [0.15, 0.2) is 48.5 Å². The number of carbonyl (C=O) groups excluding carboxylic acids is 1. The molecule has 2 rings (SSSR count). The van der Waals surface area contributed by atoms with Crippen molar-refractivity contribution in [3.8, 4) is 5.75 Å². The van der Waals surface area contributed by atoms with E-state index < -0.39 is 10.0 Å². The molecule has 0 atom stereocenters. The molecule has 0 radical (unpaired) electrons. The van der Waals surface area contributed by atoms with E-state index in [2.05, 4.69) is 29.6 Å². The lowest BCUT2D eigenvalue weighted by Gasteiger charge is -2.22. The van der Waals surface area contributed by atoms with Crippen LogP contribution in [0.3, 0.4) is 0 Å². The Morgan fingerprint density at radius 1 is 1.14 bits per heavy atom. The number of carbonyl (C=O) groups is 1. The van der Waals surface area contributed by atoms with Gasteiger partial charge >= 0.3 is 0 Å². The second kappa shape index (κ2) is 10.1. The van der Waals surface area contributed by atoms with Crippen molar-refractivity contribution >= 4 is 21.6 Å². The van der Waals surface area contributed by atoms with Gasteiger partial charge in [0.15, 0.2) is 0 Å². The van der Waals surface area contributed by atoms with E-state index in [9.17, 15) is 13.2 Å². The maximum atomic E-state index is 12.3. The molecule has 0 aromatic heterocycles. The first kappa shape index (κ1) is 21.8. The Labute approximate surface area is 167 Å². The minimum absolute atomic E-state index is 0.265. The second-order valence-corrected chi connectivity index (χ2v) is 8.55. The average Bonchev–Trinajstić information content (AvgIpc) is 2.64. The summed E-state index contributed by atoms with van der Waals surface area (Å²) < 4.78 is 30.9. The van der Waals surface area contributed by atoms with Gasteiger partial charge in [-0.1, -0.05) is 35.9 Å². The molecule has 0 spiro atoms. The van der Waals surface area contributed by atoms with Crippen LogP contribution in [0.1, 0.15) is 24.5 Å². The molecule has 0 saturated heterocycles. The fourth-order valence-electron chi connectivity index (χ4n) is 2.76. The van der Waals surface area contributed by atoms with Crippen LogP contribution in [0.4, 0.5) is 5.69 Å². The number of ether oxygens (including phenoxy) is 1. The third kappa shape index (κ3) is 6.88. The van der Waals surface area contributed by atoms with E-state index in [1.807, 2.05) is 13.8 Å². The van der Waals surface area contributed by atoms with Crippen molar-refractivity contribution in [3.05, 3.63) is 59.7 Å². The van der Waals surface area contributed by atoms with Gasteiger partial charge in [-0.05, 0) is 44.4 Å². The third-order valence-electron chi connectivity index (χ3n) is 4.19. The Bertz CT molecular complexity index is 880. The van der Waals surface area contributed by atoms with Crippen LogP contribution in [0.5, 0.6) is 5.75 Å². The molecule has 1 amide bonds. The topological polar surface area (TPSA) is 75.7 Å². The van der Waals surface area contributed by atoms with Crippen molar-refractivity contribution in [1.29, 1.82) is 0 Å². The van der Waals surface area contributed by atoms with Crippen LogP contribution in [0.25, 0.3) is 0 Å². The summed E-state index contributed by atoms with van der Waals surface area (Å²) in [6, 6.07) is 15.0. The Kier molecular flexibility index (Phi) is 7.87. The van der Waals surface area contributed by atoms with Gasteiger partial charge in [-0.2, -0.15) is 0 Å². The second-order valence-electron chi connectivity index (χ2n) is 6.64. The first-order valence-corrected chi connectivity index (χ1v) is 11.2. The van der Waals surface area contributed by atoms with Gasteiger partial charge < -0.3 is 10.1 Å². The molecule has 0 saturated carbocycles. The normalized spacial score (nSPS) is 11.1. The number of hydrogen-bond acceptors (Lipinski definition) is 4. The molecule has 0 aliphatic carbocycles. The van der Waals surface area contributed by atoms with Crippen LogP contribution < -0.4 is 14.4 Å². The van der Waals surface area contributed by atoms with Crippen LogP contribution >= 0.6 is 0 Å². The zero-order valence-corrected chi connectivity index (χ0v) is 17.5. The van der Waals surface area contributed by atoms with Crippen molar-refractivity contribution in [1.82, 2.24) is 5.32 Å². The number of aryl methyl sites for hydroxylation is 2. The van der Waals surface area contributed by atoms with E-state index in [-0.39, 0.29) is 12.5 Å². The zero-order chi connectivity index (χ0) is 20.6. The van der Waals surface area contributed by atoms with E-state index in [0.29, 0.717) is 24.6 Å². The van der Waals surface area contributed by atoms with Gasteiger partial charge in [-0.25, -0.2) is 8.42 Å². The monoisotopic (exact) mass is 404 g/mol. The molecule has 7 heteroatoms. The molecule has 0 aliphatic rings. The van der Waals surface area contributed by atoms with Gasteiger partial charge in [0.05, 0.1) is 18.6 Å². The Morgan fingerprint density at radius 3 is 2.50 bits per heavy atom. The van der Waals surface area contributed by atoms with E-state index >= 15 is 0 Å². The van der Waals surface area contributed by atoms with Crippen molar-refractivity contribution in [2.24, 2.45) is 0 Å². The van der Waals surface area contributed by atoms with Gasteiger partial charge in [0.25, 0.3) is 0 Å². The number of amides is 1.